The Hall–Kier alpha value is -3.06. The minimum absolute atomic E-state index is 0.0155. The second-order valence-electron chi connectivity index (χ2n) is 7.42. The van der Waals surface area contributed by atoms with E-state index in [2.05, 4.69) is 22.0 Å². The van der Waals surface area contributed by atoms with Crippen LogP contribution in [0.4, 0.5) is 4.39 Å². The first-order chi connectivity index (χ1) is 14.7. The molecule has 150 valence electrons. The van der Waals surface area contributed by atoms with Gasteiger partial charge in [-0.15, -0.1) is 0 Å². The van der Waals surface area contributed by atoms with Gasteiger partial charge in [-0.25, -0.2) is 9.40 Å². The second kappa shape index (κ2) is 6.74. The number of benzene rings is 3. The van der Waals surface area contributed by atoms with Crippen molar-refractivity contribution in [2.75, 3.05) is 6.79 Å². The lowest BCUT2D eigenvalue weighted by molar-refractivity contribution is -0.0191. The Labute approximate surface area is 180 Å². The second-order valence-corrected chi connectivity index (χ2v) is 8.33. The molecule has 0 N–H and O–H groups in total. The molecule has 3 aromatic rings. The van der Waals surface area contributed by atoms with Crippen molar-refractivity contribution >= 4 is 21.6 Å². The van der Waals surface area contributed by atoms with Gasteiger partial charge in [0.15, 0.2) is 11.5 Å². The molecule has 0 radical (unpaired) electrons. The number of ether oxygens (including phenoxy) is 3. The largest absolute Gasteiger partial charge is 0.464 e. The van der Waals surface area contributed by atoms with Crippen LogP contribution in [0.2, 0.25) is 0 Å². The summed E-state index contributed by atoms with van der Waals surface area (Å²) < 4.78 is 31.8. The van der Waals surface area contributed by atoms with Crippen LogP contribution in [-0.4, -0.2) is 17.5 Å². The molecule has 30 heavy (non-hydrogen) atoms. The monoisotopic (exact) mass is 466 g/mol. The number of rotatable bonds is 2. The molecule has 0 aromatic heterocycles. The van der Waals surface area contributed by atoms with E-state index in [9.17, 15) is 4.39 Å². The van der Waals surface area contributed by atoms with Gasteiger partial charge in [0.1, 0.15) is 11.6 Å². The van der Waals surface area contributed by atoms with Gasteiger partial charge in [-0.1, -0.05) is 28.1 Å². The van der Waals surface area contributed by atoms with E-state index in [0.29, 0.717) is 0 Å². The van der Waals surface area contributed by atoms with Crippen LogP contribution in [-0.2, 0) is 0 Å². The summed E-state index contributed by atoms with van der Waals surface area (Å²) in [5.41, 5.74) is 3.86. The van der Waals surface area contributed by atoms with Crippen LogP contribution in [0.5, 0.6) is 17.2 Å². The topological polar surface area (TPSA) is 43.3 Å². The molecule has 0 saturated heterocycles. The highest BCUT2D eigenvalue weighted by atomic mass is 79.9. The number of halogens is 2. The molecule has 0 spiro atoms. The van der Waals surface area contributed by atoms with E-state index in [1.54, 1.807) is 12.1 Å². The van der Waals surface area contributed by atoms with Crippen molar-refractivity contribution in [1.82, 2.24) is 5.01 Å². The Balaban J connectivity index is 1.43. The summed E-state index contributed by atoms with van der Waals surface area (Å²) in [7, 11) is 0. The van der Waals surface area contributed by atoms with Crippen molar-refractivity contribution in [3.05, 3.63) is 87.6 Å². The number of hydrazone groups is 1. The lowest BCUT2D eigenvalue weighted by Crippen LogP contribution is -2.33. The summed E-state index contributed by atoms with van der Waals surface area (Å²) in [5, 5.41) is 6.91. The van der Waals surface area contributed by atoms with Crippen molar-refractivity contribution in [3.8, 4) is 17.2 Å². The minimum atomic E-state index is -0.434. The maximum Gasteiger partial charge on any atom is 0.231 e. The first kappa shape index (κ1) is 17.8. The molecule has 2 atom stereocenters. The Morgan fingerprint density at radius 2 is 1.73 bits per heavy atom. The molecule has 0 aliphatic carbocycles. The molecule has 3 heterocycles. The van der Waals surface area contributed by atoms with E-state index in [0.717, 1.165) is 50.5 Å². The quantitative estimate of drug-likeness (QED) is 0.495. The van der Waals surface area contributed by atoms with Gasteiger partial charge in [-0.05, 0) is 48.5 Å². The molecule has 3 aromatic carbocycles. The van der Waals surface area contributed by atoms with Gasteiger partial charge in [0, 0.05) is 27.6 Å². The Bertz CT molecular complexity index is 1180. The molecule has 6 rings (SSSR count). The highest BCUT2D eigenvalue weighted by molar-refractivity contribution is 9.10. The third-order valence-corrected chi connectivity index (χ3v) is 6.11. The average molecular weight is 467 g/mol. The van der Waals surface area contributed by atoms with Gasteiger partial charge >= 0.3 is 0 Å². The van der Waals surface area contributed by atoms with Gasteiger partial charge in [0.2, 0.25) is 13.0 Å². The fourth-order valence-electron chi connectivity index (χ4n) is 4.16. The van der Waals surface area contributed by atoms with Crippen molar-refractivity contribution in [2.24, 2.45) is 5.10 Å². The summed E-state index contributed by atoms with van der Waals surface area (Å²) in [4.78, 5) is 0. The minimum Gasteiger partial charge on any atom is -0.464 e. The van der Waals surface area contributed by atoms with Crippen LogP contribution in [0, 0.1) is 5.82 Å². The van der Waals surface area contributed by atoms with Crippen molar-refractivity contribution in [2.45, 2.75) is 18.7 Å². The Morgan fingerprint density at radius 1 is 0.933 bits per heavy atom. The molecule has 3 aliphatic heterocycles. The lowest BCUT2D eigenvalue weighted by atomic mass is 9.96. The summed E-state index contributed by atoms with van der Waals surface area (Å²) in [6.45, 7) is 0.238. The summed E-state index contributed by atoms with van der Waals surface area (Å²) >= 11 is 3.57. The lowest BCUT2D eigenvalue weighted by Gasteiger charge is -2.38. The third-order valence-electron chi connectivity index (χ3n) is 5.61. The van der Waals surface area contributed by atoms with Crippen LogP contribution >= 0.6 is 15.9 Å². The Morgan fingerprint density at radius 3 is 2.60 bits per heavy atom. The van der Waals surface area contributed by atoms with Gasteiger partial charge in [-0.2, -0.15) is 5.10 Å². The fourth-order valence-corrected chi connectivity index (χ4v) is 4.53. The first-order valence-electron chi connectivity index (χ1n) is 9.63. The van der Waals surface area contributed by atoms with Crippen molar-refractivity contribution in [3.63, 3.8) is 0 Å². The number of nitrogens with zero attached hydrogens (tertiary/aromatic N) is 2. The van der Waals surface area contributed by atoms with Crippen molar-refractivity contribution < 1.29 is 18.6 Å². The SMILES string of the molecule is Fc1ccc([C@H]2Oc3ccc(Br)cc3[C@H]3CC(c4ccc5c(c4)OCO5)=NN32)cc1. The van der Waals surface area contributed by atoms with Crippen LogP contribution in [0.15, 0.2) is 70.2 Å². The summed E-state index contributed by atoms with van der Waals surface area (Å²) in [6.07, 6.45) is 0.292. The molecule has 3 aliphatic rings. The van der Waals surface area contributed by atoms with Crippen LogP contribution in [0.1, 0.15) is 35.4 Å². The van der Waals surface area contributed by atoms with E-state index in [4.69, 9.17) is 19.3 Å². The zero-order valence-corrected chi connectivity index (χ0v) is 17.3. The molecule has 7 heteroatoms. The summed E-state index contributed by atoms with van der Waals surface area (Å²) in [5.74, 6) is 2.02. The molecular formula is C23H16BrFN2O3. The van der Waals surface area contributed by atoms with Crippen LogP contribution < -0.4 is 14.2 Å². The van der Waals surface area contributed by atoms with E-state index < -0.39 is 6.23 Å². The maximum atomic E-state index is 13.5. The van der Waals surface area contributed by atoms with Crippen LogP contribution in [0.25, 0.3) is 0 Å². The smallest absolute Gasteiger partial charge is 0.231 e. The molecular weight excluding hydrogens is 451 g/mol. The highest BCUT2D eigenvalue weighted by Gasteiger charge is 2.41. The number of fused-ring (bicyclic) bond motifs is 4. The van der Waals surface area contributed by atoms with E-state index in [1.807, 2.05) is 35.3 Å². The zero-order chi connectivity index (χ0) is 20.2. The van der Waals surface area contributed by atoms with Gasteiger partial charge in [0.05, 0.1) is 11.8 Å². The number of hydrogen-bond donors (Lipinski definition) is 0. The molecule has 0 amide bonds. The molecule has 0 fully saturated rings. The van der Waals surface area contributed by atoms with E-state index in [1.165, 1.54) is 12.1 Å². The summed E-state index contributed by atoms with van der Waals surface area (Å²) in [6, 6.07) is 18.3. The predicted octanol–water partition coefficient (Wildman–Crippen LogP) is 5.56. The van der Waals surface area contributed by atoms with Crippen molar-refractivity contribution in [1.29, 1.82) is 0 Å². The van der Waals surface area contributed by atoms with Crippen LogP contribution in [0.3, 0.4) is 0 Å². The first-order valence-corrected chi connectivity index (χ1v) is 10.4. The van der Waals surface area contributed by atoms with E-state index >= 15 is 0 Å². The predicted molar refractivity (Wildman–Crippen MR) is 112 cm³/mol. The maximum absolute atomic E-state index is 13.5. The fraction of sp³-hybridized carbons (Fsp3) is 0.174. The molecule has 5 nitrogen and oxygen atoms in total. The molecule has 0 bridgehead atoms. The standard InChI is InChI=1S/C23H16BrFN2O3/c24-15-4-8-20-17(10-15)19-11-18(14-3-7-21-22(9-14)29-12-28-21)26-27(19)23(30-20)13-1-5-16(25)6-2-13/h1-10,19,23H,11-12H2/t19-,23-/m1/s1. The Kier molecular flexibility index (Phi) is 3.99. The number of hydrogen-bond acceptors (Lipinski definition) is 5. The highest BCUT2D eigenvalue weighted by Crippen LogP contribution is 2.48. The third kappa shape index (κ3) is 2.84. The average Bonchev–Trinajstić information content (AvgIpc) is 3.41. The normalized spacial score (nSPS) is 21.0. The van der Waals surface area contributed by atoms with Gasteiger partial charge in [-0.3, -0.25) is 0 Å². The zero-order valence-electron chi connectivity index (χ0n) is 15.7. The van der Waals surface area contributed by atoms with E-state index in [-0.39, 0.29) is 18.7 Å². The molecule has 0 unspecified atom stereocenters. The van der Waals surface area contributed by atoms with Gasteiger partial charge in [0.25, 0.3) is 0 Å². The van der Waals surface area contributed by atoms with Gasteiger partial charge < -0.3 is 14.2 Å². The molecule has 0 saturated carbocycles.